The largest absolute Gasteiger partial charge is 0.480 e. The predicted octanol–water partition coefficient (Wildman–Crippen LogP) is 1.19. The molecule has 0 aliphatic rings. The number of nitrogens with one attached hydrogen (secondary N) is 2. The molecule has 0 saturated heterocycles. The molecule has 0 aliphatic carbocycles. The van der Waals surface area contributed by atoms with Gasteiger partial charge in [0.05, 0.1) is 17.3 Å². The van der Waals surface area contributed by atoms with Gasteiger partial charge in [0.25, 0.3) is 0 Å². The maximum Gasteiger partial charge on any atom is 0.328 e. The van der Waals surface area contributed by atoms with Gasteiger partial charge in [-0.15, -0.1) is 0 Å². The summed E-state index contributed by atoms with van der Waals surface area (Å²) in [6.07, 6.45) is 0.433. The van der Waals surface area contributed by atoms with Crippen LogP contribution in [-0.4, -0.2) is 39.3 Å². The Labute approximate surface area is 120 Å². The second-order valence-electron chi connectivity index (χ2n) is 4.53. The number of aliphatic hydroxyl groups is 1. The summed E-state index contributed by atoms with van der Waals surface area (Å²) in [5.41, 5.74) is 1.22. The molecule has 0 aliphatic heterocycles. The van der Waals surface area contributed by atoms with E-state index in [0.29, 0.717) is 11.2 Å². The number of anilines is 1. The van der Waals surface area contributed by atoms with Crippen molar-refractivity contribution in [1.29, 1.82) is 0 Å². The Balaban J connectivity index is 2.17. The van der Waals surface area contributed by atoms with Crippen molar-refractivity contribution >= 4 is 28.6 Å². The number of rotatable bonds is 4. The zero-order valence-electron chi connectivity index (χ0n) is 11.3. The molecule has 2 amide bonds. The zero-order valence-corrected chi connectivity index (χ0v) is 11.3. The number of carboxylic acids is 1. The Bertz CT molecular complexity index is 667. The van der Waals surface area contributed by atoms with Crippen molar-refractivity contribution in [2.45, 2.75) is 19.1 Å². The fourth-order valence-corrected chi connectivity index (χ4v) is 1.90. The first-order chi connectivity index (χ1) is 9.99. The Hall–Kier alpha value is -2.67. The third-order valence-corrected chi connectivity index (χ3v) is 2.93. The molecule has 2 rings (SSSR count). The van der Waals surface area contributed by atoms with Crippen LogP contribution in [0.25, 0.3) is 10.9 Å². The number of hydrogen-bond donors (Lipinski definition) is 4. The van der Waals surface area contributed by atoms with Gasteiger partial charge in [-0.3, -0.25) is 4.98 Å². The number of amides is 2. The lowest BCUT2D eigenvalue weighted by Gasteiger charge is -2.17. The maximum atomic E-state index is 11.9. The van der Waals surface area contributed by atoms with E-state index in [1.165, 1.54) is 6.92 Å². The van der Waals surface area contributed by atoms with Crippen LogP contribution >= 0.6 is 0 Å². The summed E-state index contributed by atoms with van der Waals surface area (Å²) in [7, 11) is 0. The zero-order chi connectivity index (χ0) is 15.4. The molecule has 1 aromatic heterocycles. The highest BCUT2D eigenvalue weighted by molar-refractivity contribution is 6.01. The fourth-order valence-electron chi connectivity index (χ4n) is 1.90. The first-order valence-corrected chi connectivity index (χ1v) is 6.31. The molecule has 1 aromatic carbocycles. The maximum absolute atomic E-state index is 11.9. The number of aliphatic hydroxyl groups excluding tert-OH is 1. The molecular weight excluding hydrogens is 274 g/mol. The van der Waals surface area contributed by atoms with E-state index in [0.717, 1.165) is 5.39 Å². The SMILES string of the molecule is CC(O)C(NC(=O)Nc1cccc2ncccc12)C(=O)O. The third-order valence-electron chi connectivity index (χ3n) is 2.93. The molecule has 7 nitrogen and oxygen atoms in total. The first kappa shape index (κ1) is 14.7. The molecule has 0 saturated carbocycles. The normalized spacial score (nSPS) is 13.4. The summed E-state index contributed by atoms with van der Waals surface area (Å²) >= 11 is 0. The standard InChI is InChI=1S/C14H15N3O4/c1-8(18)12(13(19)20)17-14(21)16-11-6-2-5-10-9(11)4-3-7-15-10/h2-8,12,18H,1H3,(H,19,20)(H2,16,17,21). The van der Waals surface area contributed by atoms with Crippen LogP contribution < -0.4 is 10.6 Å². The Morgan fingerprint density at radius 3 is 2.67 bits per heavy atom. The van der Waals surface area contributed by atoms with E-state index in [2.05, 4.69) is 15.6 Å². The number of carbonyl (C=O) groups is 2. The quantitative estimate of drug-likeness (QED) is 0.675. The van der Waals surface area contributed by atoms with Gasteiger partial charge in [-0.1, -0.05) is 6.07 Å². The molecular formula is C14H15N3O4. The molecule has 110 valence electrons. The minimum Gasteiger partial charge on any atom is -0.480 e. The van der Waals surface area contributed by atoms with Crippen LogP contribution in [0.1, 0.15) is 6.92 Å². The molecule has 2 unspecified atom stereocenters. The van der Waals surface area contributed by atoms with Gasteiger partial charge in [0, 0.05) is 11.6 Å². The number of nitrogens with zero attached hydrogens (tertiary/aromatic N) is 1. The molecule has 0 bridgehead atoms. The average Bonchev–Trinajstić information content (AvgIpc) is 2.44. The van der Waals surface area contributed by atoms with Crippen LogP contribution in [0.2, 0.25) is 0 Å². The summed E-state index contributed by atoms with van der Waals surface area (Å²) in [6, 6.07) is 6.66. The summed E-state index contributed by atoms with van der Waals surface area (Å²) in [5, 5.41) is 23.8. The van der Waals surface area contributed by atoms with E-state index in [1.54, 1.807) is 36.5 Å². The van der Waals surface area contributed by atoms with Crippen molar-refractivity contribution in [2.24, 2.45) is 0 Å². The minimum atomic E-state index is -1.38. The number of hydrogen-bond acceptors (Lipinski definition) is 4. The molecule has 7 heteroatoms. The van der Waals surface area contributed by atoms with E-state index in [4.69, 9.17) is 5.11 Å². The molecule has 2 aromatic rings. The van der Waals surface area contributed by atoms with Gasteiger partial charge in [-0.25, -0.2) is 9.59 Å². The predicted molar refractivity (Wildman–Crippen MR) is 77.0 cm³/mol. The van der Waals surface area contributed by atoms with Crippen molar-refractivity contribution in [3.8, 4) is 0 Å². The monoisotopic (exact) mass is 289 g/mol. The molecule has 2 atom stereocenters. The van der Waals surface area contributed by atoms with E-state index in [9.17, 15) is 14.7 Å². The van der Waals surface area contributed by atoms with Crippen LogP contribution in [0.3, 0.4) is 0 Å². The summed E-state index contributed by atoms with van der Waals surface area (Å²) in [5.74, 6) is -1.31. The van der Waals surface area contributed by atoms with E-state index < -0.39 is 24.1 Å². The number of benzene rings is 1. The number of aliphatic carboxylic acids is 1. The smallest absolute Gasteiger partial charge is 0.328 e. The lowest BCUT2D eigenvalue weighted by molar-refractivity contribution is -0.141. The molecule has 1 heterocycles. The van der Waals surface area contributed by atoms with E-state index >= 15 is 0 Å². The Kier molecular flexibility index (Phi) is 4.34. The summed E-state index contributed by atoms with van der Waals surface area (Å²) < 4.78 is 0. The van der Waals surface area contributed by atoms with Gasteiger partial charge in [0.1, 0.15) is 0 Å². The van der Waals surface area contributed by atoms with Crippen molar-refractivity contribution in [3.05, 3.63) is 36.5 Å². The first-order valence-electron chi connectivity index (χ1n) is 6.31. The van der Waals surface area contributed by atoms with Crippen molar-refractivity contribution in [2.75, 3.05) is 5.32 Å². The number of aromatic nitrogens is 1. The van der Waals surface area contributed by atoms with Crippen molar-refractivity contribution in [1.82, 2.24) is 10.3 Å². The van der Waals surface area contributed by atoms with Crippen molar-refractivity contribution in [3.63, 3.8) is 0 Å². The van der Waals surface area contributed by atoms with Crippen LogP contribution in [0, 0.1) is 0 Å². The third kappa shape index (κ3) is 3.46. The summed E-state index contributed by atoms with van der Waals surface area (Å²) in [4.78, 5) is 26.9. The van der Waals surface area contributed by atoms with Gasteiger partial charge in [0.15, 0.2) is 6.04 Å². The van der Waals surface area contributed by atoms with Gasteiger partial charge in [-0.2, -0.15) is 0 Å². The van der Waals surface area contributed by atoms with Crippen LogP contribution in [0.15, 0.2) is 36.5 Å². The van der Waals surface area contributed by atoms with Gasteiger partial charge in [0.2, 0.25) is 0 Å². The highest BCUT2D eigenvalue weighted by atomic mass is 16.4. The van der Waals surface area contributed by atoms with E-state index in [1.807, 2.05) is 0 Å². The van der Waals surface area contributed by atoms with Crippen LogP contribution in [-0.2, 0) is 4.79 Å². The minimum absolute atomic E-state index is 0.507. The number of pyridine rings is 1. The highest BCUT2D eigenvalue weighted by Gasteiger charge is 2.25. The lowest BCUT2D eigenvalue weighted by Crippen LogP contribution is -2.49. The Morgan fingerprint density at radius 1 is 1.24 bits per heavy atom. The highest BCUT2D eigenvalue weighted by Crippen LogP contribution is 2.21. The molecule has 21 heavy (non-hydrogen) atoms. The lowest BCUT2D eigenvalue weighted by atomic mass is 10.2. The van der Waals surface area contributed by atoms with Gasteiger partial charge >= 0.3 is 12.0 Å². The molecule has 0 radical (unpaired) electrons. The second-order valence-corrected chi connectivity index (χ2v) is 4.53. The molecule has 0 fully saturated rings. The van der Waals surface area contributed by atoms with Crippen molar-refractivity contribution < 1.29 is 19.8 Å². The van der Waals surface area contributed by atoms with Crippen LogP contribution in [0.4, 0.5) is 10.5 Å². The second kappa shape index (κ2) is 6.19. The van der Waals surface area contributed by atoms with E-state index in [-0.39, 0.29) is 0 Å². The number of carboxylic acid groups (broad SMARTS) is 1. The fraction of sp³-hybridized carbons (Fsp3) is 0.214. The van der Waals surface area contributed by atoms with Crippen LogP contribution in [0.5, 0.6) is 0 Å². The molecule has 0 spiro atoms. The van der Waals surface area contributed by atoms with Gasteiger partial charge < -0.3 is 20.8 Å². The number of urea groups is 1. The number of carbonyl (C=O) groups excluding carboxylic acids is 1. The number of fused-ring (bicyclic) bond motifs is 1. The Morgan fingerprint density at radius 2 is 2.00 bits per heavy atom. The average molecular weight is 289 g/mol. The topological polar surface area (TPSA) is 112 Å². The van der Waals surface area contributed by atoms with Gasteiger partial charge in [-0.05, 0) is 31.2 Å². The summed E-state index contributed by atoms with van der Waals surface area (Å²) in [6.45, 7) is 1.29. The molecule has 4 N–H and O–H groups in total.